The second kappa shape index (κ2) is 7.63. The first-order valence-electron chi connectivity index (χ1n) is 6.73. The summed E-state index contributed by atoms with van der Waals surface area (Å²) in [6, 6.07) is 12.0. The average molecular weight is 331 g/mol. The molecule has 0 aromatic heterocycles. The van der Waals surface area contributed by atoms with Crippen molar-refractivity contribution in [3.05, 3.63) is 70.3 Å². The van der Waals surface area contributed by atoms with Gasteiger partial charge >= 0.3 is 5.97 Å². The molecule has 0 aliphatic carbocycles. The topological polar surface area (TPSA) is 119 Å². The van der Waals surface area contributed by atoms with Gasteiger partial charge in [0.15, 0.2) is 11.5 Å². The van der Waals surface area contributed by atoms with Gasteiger partial charge in [0.1, 0.15) is 12.4 Å². The number of benzene rings is 2. The molecule has 2 aromatic carbocycles. The van der Waals surface area contributed by atoms with Crippen LogP contribution in [0.5, 0.6) is 17.2 Å². The highest BCUT2D eigenvalue weighted by molar-refractivity contribution is 5.93. The Labute approximate surface area is 136 Å². The molecular formula is C16H13NO7. The molecule has 0 saturated carbocycles. The molecule has 8 nitrogen and oxygen atoms in total. The van der Waals surface area contributed by atoms with E-state index in [9.17, 15) is 25.1 Å². The van der Waals surface area contributed by atoms with Gasteiger partial charge in [0.25, 0.3) is 5.09 Å². The molecule has 0 aliphatic heterocycles. The maximum atomic E-state index is 12.0. The fourth-order valence-corrected chi connectivity index (χ4v) is 1.83. The Kier molecular flexibility index (Phi) is 5.35. The summed E-state index contributed by atoms with van der Waals surface area (Å²) >= 11 is 0. The summed E-state index contributed by atoms with van der Waals surface area (Å²) in [6.45, 7) is -0.527. The van der Waals surface area contributed by atoms with Crippen LogP contribution in [0.2, 0.25) is 0 Å². The van der Waals surface area contributed by atoms with Crippen LogP contribution < -0.4 is 4.74 Å². The normalized spacial score (nSPS) is 10.9. The zero-order valence-electron chi connectivity index (χ0n) is 12.3. The molecule has 2 aromatic rings. The standard InChI is InChI=1S/C16H13NO7/c18-14-7-6-11(8-15(14)19)12(10-23-17(21)22)9-16(20)24-13-4-2-1-3-5-13/h1-9,18-19H,10H2/b12-9+. The van der Waals surface area contributed by atoms with Crippen molar-refractivity contribution in [3.63, 3.8) is 0 Å². The van der Waals surface area contributed by atoms with Gasteiger partial charge in [-0.1, -0.05) is 24.3 Å². The fraction of sp³-hybridized carbons (Fsp3) is 0.0625. The summed E-state index contributed by atoms with van der Waals surface area (Å²) in [5, 5.41) is 28.2. The minimum absolute atomic E-state index is 0.0999. The number of hydrogen-bond donors (Lipinski definition) is 2. The van der Waals surface area contributed by atoms with Crippen molar-refractivity contribution in [2.75, 3.05) is 6.61 Å². The number of esters is 1. The Bertz CT molecular complexity index is 771. The quantitative estimate of drug-likeness (QED) is 0.208. The van der Waals surface area contributed by atoms with E-state index in [1.165, 1.54) is 12.1 Å². The lowest BCUT2D eigenvalue weighted by Gasteiger charge is -2.08. The van der Waals surface area contributed by atoms with E-state index in [2.05, 4.69) is 4.84 Å². The third-order valence-corrected chi connectivity index (χ3v) is 2.93. The third-order valence-electron chi connectivity index (χ3n) is 2.93. The van der Waals surface area contributed by atoms with Gasteiger partial charge in [0.05, 0.1) is 0 Å². The monoisotopic (exact) mass is 331 g/mol. The highest BCUT2D eigenvalue weighted by Gasteiger charge is 2.11. The molecule has 0 spiro atoms. The van der Waals surface area contributed by atoms with Crippen LogP contribution in [0.1, 0.15) is 5.56 Å². The van der Waals surface area contributed by atoms with Gasteiger partial charge in [-0.2, -0.15) is 0 Å². The largest absolute Gasteiger partial charge is 0.504 e. The van der Waals surface area contributed by atoms with Crippen LogP contribution in [0, 0.1) is 10.1 Å². The van der Waals surface area contributed by atoms with Gasteiger partial charge < -0.3 is 19.8 Å². The van der Waals surface area contributed by atoms with E-state index in [1.807, 2.05) is 0 Å². The molecule has 0 amide bonds. The van der Waals surface area contributed by atoms with Crippen LogP contribution in [-0.4, -0.2) is 27.9 Å². The predicted octanol–water partition coefficient (Wildman–Crippen LogP) is 2.30. The lowest BCUT2D eigenvalue weighted by Crippen LogP contribution is -2.09. The first-order chi connectivity index (χ1) is 11.5. The second-order valence-electron chi connectivity index (χ2n) is 4.60. The van der Waals surface area contributed by atoms with Crippen LogP contribution in [0.4, 0.5) is 0 Å². The molecule has 0 aliphatic rings. The minimum Gasteiger partial charge on any atom is -0.504 e. The molecule has 0 heterocycles. The van der Waals surface area contributed by atoms with Gasteiger partial charge in [-0.05, 0) is 35.4 Å². The van der Waals surface area contributed by atoms with E-state index in [-0.39, 0.29) is 16.9 Å². The number of phenolic OH excluding ortho intramolecular Hbond substituents is 2. The van der Waals surface area contributed by atoms with E-state index >= 15 is 0 Å². The fourth-order valence-electron chi connectivity index (χ4n) is 1.83. The van der Waals surface area contributed by atoms with E-state index in [0.717, 1.165) is 12.1 Å². The smallest absolute Gasteiger partial charge is 0.336 e. The number of aromatic hydroxyl groups is 2. The number of ether oxygens (including phenoxy) is 1. The Balaban J connectivity index is 2.25. The van der Waals surface area contributed by atoms with E-state index in [1.54, 1.807) is 30.3 Å². The summed E-state index contributed by atoms with van der Waals surface area (Å²) < 4.78 is 5.07. The third kappa shape index (κ3) is 4.73. The van der Waals surface area contributed by atoms with Crippen LogP contribution >= 0.6 is 0 Å². The molecule has 2 N–H and O–H groups in total. The Hall–Kier alpha value is -3.55. The molecule has 0 fully saturated rings. The van der Waals surface area contributed by atoms with Crippen molar-refractivity contribution in [1.82, 2.24) is 0 Å². The van der Waals surface area contributed by atoms with Gasteiger partial charge in [-0.15, -0.1) is 10.1 Å². The molecule has 0 radical (unpaired) electrons. The Morgan fingerprint density at radius 2 is 1.83 bits per heavy atom. The molecule has 0 unspecified atom stereocenters. The summed E-state index contributed by atoms with van der Waals surface area (Å²) in [7, 11) is 0. The predicted molar refractivity (Wildman–Crippen MR) is 82.8 cm³/mol. The SMILES string of the molecule is O=C(/C=C(\CO[N+](=O)[O-])c1ccc(O)c(O)c1)Oc1ccccc1. The minimum atomic E-state index is -1.00. The maximum absolute atomic E-state index is 12.0. The molecule has 124 valence electrons. The van der Waals surface area contributed by atoms with Gasteiger partial charge in [-0.25, -0.2) is 4.79 Å². The molecule has 0 atom stereocenters. The van der Waals surface area contributed by atoms with Crippen LogP contribution in [0.15, 0.2) is 54.6 Å². The first-order valence-corrected chi connectivity index (χ1v) is 6.73. The number of carbonyl (C=O) groups is 1. The summed E-state index contributed by atoms with van der Waals surface area (Å²) in [4.78, 5) is 26.6. The zero-order valence-corrected chi connectivity index (χ0v) is 12.3. The van der Waals surface area contributed by atoms with Gasteiger partial charge in [0.2, 0.25) is 0 Å². The van der Waals surface area contributed by atoms with E-state index in [4.69, 9.17) is 4.74 Å². The number of nitrogens with zero attached hydrogens (tertiary/aromatic N) is 1. The van der Waals surface area contributed by atoms with Crippen LogP contribution in [-0.2, 0) is 9.63 Å². The molecule has 2 rings (SSSR count). The maximum Gasteiger partial charge on any atom is 0.336 e. The number of phenols is 2. The van der Waals surface area contributed by atoms with Crippen LogP contribution in [0.3, 0.4) is 0 Å². The molecule has 0 saturated heterocycles. The van der Waals surface area contributed by atoms with E-state index < -0.39 is 23.4 Å². The molecular weight excluding hydrogens is 318 g/mol. The lowest BCUT2D eigenvalue weighted by atomic mass is 10.1. The Morgan fingerprint density at radius 3 is 2.46 bits per heavy atom. The van der Waals surface area contributed by atoms with Gasteiger partial charge in [-0.3, -0.25) is 0 Å². The average Bonchev–Trinajstić information content (AvgIpc) is 2.55. The summed E-state index contributed by atoms with van der Waals surface area (Å²) in [5.41, 5.74) is 0.361. The van der Waals surface area contributed by atoms with Crippen molar-refractivity contribution >= 4 is 11.5 Å². The van der Waals surface area contributed by atoms with Crippen molar-refractivity contribution in [2.24, 2.45) is 0 Å². The van der Waals surface area contributed by atoms with Crippen molar-refractivity contribution in [1.29, 1.82) is 0 Å². The highest BCUT2D eigenvalue weighted by Crippen LogP contribution is 2.28. The summed E-state index contributed by atoms with van der Waals surface area (Å²) in [5.74, 6) is -1.26. The van der Waals surface area contributed by atoms with Crippen molar-refractivity contribution in [3.8, 4) is 17.2 Å². The highest BCUT2D eigenvalue weighted by atomic mass is 16.9. The van der Waals surface area contributed by atoms with Crippen molar-refractivity contribution in [2.45, 2.75) is 0 Å². The second-order valence-corrected chi connectivity index (χ2v) is 4.60. The van der Waals surface area contributed by atoms with Gasteiger partial charge in [0, 0.05) is 6.08 Å². The number of hydrogen-bond acceptors (Lipinski definition) is 7. The Morgan fingerprint density at radius 1 is 1.12 bits per heavy atom. The number of rotatable bonds is 6. The molecule has 24 heavy (non-hydrogen) atoms. The first kappa shape index (κ1) is 16.8. The summed E-state index contributed by atoms with van der Waals surface area (Å²) in [6.07, 6.45) is 1.02. The van der Waals surface area contributed by atoms with Crippen molar-refractivity contribution < 1.29 is 29.7 Å². The molecule has 0 bridgehead atoms. The molecule has 8 heteroatoms. The van der Waals surface area contributed by atoms with E-state index in [0.29, 0.717) is 5.75 Å². The lowest BCUT2D eigenvalue weighted by molar-refractivity contribution is -0.754. The number of carbonyl (C=O) groups excluding carboxylic acids is 1. The zero-order chi connectivity index (χ0) is 17.5. The van der Waals surface area contributed by atoms with Crippen LogP contribution in [0.25, 0.3) is 5.57 Å². The number of para-hydroxylation sites is 1.